The average molecular weight is 256 g/mol. The van der Waals surface area contributed by atoms with Crippen molar-refractivity contribution in [3.05, 3.63) is 41.3 Å². The summed E-state index contributed by atoms with van der Waals surface area (Å²) < 4.78 is 38.7. The molecule has 2 aromatic rings. The number of halogens is 3. The fraction of sp³-hybridized carbons (Fsp3) is 0.273. The smallest absolute Gasteiger partial charge is 0.326 e. The van der Waals surface area contributed by atoms with Crippen LogP contribution in [0.1, 0.15) is 17.0 Å². The van der Waals surface area contributed by atoms with Crippen molar-refractivity contribution in [3.63, 3.8) is 0 Å². The summed E-state index contributed by atoms with van der Waals surface area (Å²) in [6.07, 6.45) is -2.93. The lowest BCUT2D eigenvalue weighted by Crippen LogP contribution is -2.08. The van der Waals surface area contributed by atoms with Crippen LogP contribution in [0, 0.1) is 6.92 Å². The van der Waals surface area contributed by atoms with Crippen molar-refractivity contribution in [2.75, 3.05) is 0 Å². The fourth-order valence-electron chi connectivity index (χ4n) is 1.51. The minimum Gasteiger partial charge on any atom is -0.326 e. The minimum atomic E-state index is -4.45. The largest absolute Gasteiger partial charge is 0.435 e. The number of alkyl halides is 3. The van der Waals surface area contributed by atoms with Gasteiger partial charge in [0.05, 0.1) is 0 Å². The summed E-state index contributed by atoms with van der Waals surface area (Å²) in [6, 6.07) is 4.28. The molecule has 0 spiro atoms. The van der Waals surface area contributed by atoms with Gasteiger partial charge in [0.25, 0.3) is 0 Å². The maximum atomic E-state index is 12.5. The second-order valence-corrected chi connectivity index (χ2v) is 3.81. The van der Waals surface area contributed by atoms with Crippen LogP contribution in [0.3, 0.4) is 0 Å². The summed E-state index contributed by atoms with van der Waals surface area (Å²) in [6.45, 7) is 1.87. The number of hydrogen-bond acceptors (Lipinski definition) is 3. The van der Waals surface area contributed by atoms with Crippen LogP contribution in [0.2, 0.25) is 0 Å². The van der Waals surface area contributed by atoms with Gasteiger partial charge < -0.3 is 5.73 Å². The molecule has 0 aliphatic heterocycles. The molecule has 0 amide bonds. The SMILES string of the molecule is Cc1cc(C(F)(F)F)nn1-c1ccc(CN)cn1. The Bertz CT molecular complexity index is 542. The van der Waals surface area contributed by atoms with E-state index in [1.807, 2.05) is 0 Å². The first-order valence-electron chi connectivity index (χ1n) is 5.21. The predicted octanol–water partition coefficient (Wildman–Crippen LogP) is 2.05. The highest BCUT2D eigenvalue weighted by Crippen LogP contribution is 2.29. The van der Waals surface area contributed by atoms with E-state index in [1.54, 1.807) is 19.1 Å². The van der Waals surface area contributed by atoms with E-state index in [2.05, 4.69) is 10.1 Å². The molecule has 0 bridgehead atoms. The minimum absolute atomic E-state index is 0.333. The van der Waals surface area contributed by atoms with Gasteiger partial charge in [-0.2, -0.15) is 18.3 Å². The van der Waals surface area contributed by atoms with Crippen molar-refractivity contribution < 1.29 is 13.2 Å². The predicted molar refractivity (Wildman–Crippen MR) is 59.0 cm³/mol. The van der Waals surface area contributed by atoms with Gasteiger partial charge in [0.15, 0.2) is 11.5 Å². The van der Waals surface area contributed by atoms with Gasteiger partial charge in [-0.15, -0.1) is 0 Å². The maximum Gasteiger partial charge on any atom is 0.435 e. The van der Waals surface area contributed by atoms with E-state index in [0.717, 1.165) is 16.3 Å². The third-order valence-corrected chi connectivity index (χ3v) is 2.44. The number of rotatable bonds is 2. The number of hydrogen-bond donors (Lipinski definition) is 1. The van der Waals surface area contributed by atoms with Crippen molar-refractivity contribution in [1.29, 1.82) is 0 Å². The Morgan fingerprint density at radius 2 is 2.06 bits per heavy atom. The maximum absolute atomic E-state index is 12.5. The Kier molecular flexibility index (Phi) is 3.08. The van der Waals surface area contributed by atoms with Gasteiger partial charge in [-0.3, -0.25) is 0 Å². The van der Waals surface area contributed by atoms with Crippen LogP contribution in [0.25, 0.3) is 5.82 Å². The van der Waals surface area contributed by atoms with Gasteiger partial charge in [0.2, 0.25) is 0 Å². The summed E-state index contributed by atoms with van der Waals surface area (Å²) in [5, 5.41) is 3.50. The third kappa shape index (κ3) is 2.35. The number of nitrogens with zero attached hydrogens (tertiary/aromatic N) is 3. The van der Waals surface area contributed by atoms with Crippen molar-refractivity contribution in [2.45, 2.75) is 19.6 Å². The zero-order valence-electron chi connectivity index (χ0n) is 9.57. The van der Waals surface area contributed by atoms with Gasteiger partial charge >= 0.3 is 6.18 Å². The van der Waals surface area contributed by atoms with E-state index in [4.69, 9.17) is 5.73 Å². The van der Waals surface area contributed by atoms with Crippen LogP contribution in [-0.4, -0.2) is 14.8 Å². The topological polar surface area (TPSA) is 56.7 Å². The first kappa shape index (κ1) is 12.6. The normalized spacial score (nSPS) is 11.8. The molecule has 0 unspecified atom stereocenters. The van der Waals surface area contributed by atoms with Crippen molar-refractivity contribution in [2.24, 2.45) is 5.73 Å². The Balaban J connectivity index is 2.41. The monoisotopic (exact) mass is 256 g/mol. The molecule has 2 rings (SSSR count). The summed E-state index contributed by atoms with van der Waals surface area (Å²) >= 11 is 0. The first-order valence-corrected chi connectivity index (χ1v) is 5.21. The molecule has 0 aromatic carbocycles. The zero-order valence-corrected chi connectivity index (χ0v) is 9.57. The van der Waals surface area contributed by atoms with Crippen molar-refractivity contribution >= 4 is 0 Å². The summed E-state index contributed by atoms with van der Waals surface area (Å²) in [5.74, 6) is 0.334. The molecule has 0 radical (unpaired) electrons. The Morgan fingerprint density at radius 3 is 2.50 bits per heavy atom. The van der Waals surface area contributed by atoms with E-state index in [-0.39, 0.29) is 0 Å². The molecule has 0 atom stereocenters. The molecule has 0 aliphatic carbocycles. The molecule has 0 saturated carbocycles. The lowest BCUT2D eigenvalue weighted by atomic mass is 10.3. The molecule has 2 aromatic heterocycles. The molecule has 4 nitrogen and oxygen atoms in total. The number of nitrogens with two attached hydrogens (primary N) is 1. The zero-order chi connectivity index (χ0) is 13.3. The van der Waals surface area contributed by atoms with Gasteiger partial charge in [0, 0.05) is 18.4 Å². The van der Waals surface area contributed by atoms with E-state index in [1.165, 1.54) is 6.20 Å². The molecule has 0 fully saturated rings. The highest BCUT2D eigenvalue weighted by Gasteiger charge is 2.34. The third-order valence-electron chi connectivity index (χ3n) is 2.44. The first-order chi connectivity index (χ1) is 8.41. The highest BCUT2D eigenvalue weighted by molar-refractivity contribution is 5.28. The van der Waals surface area contributed by atoms with E-state index in [0.29, 0.717) is 18.1 Å². The summed E-state index contributed by atoms with van der Waals surface area (Å²) in [7, 11) is 0. The lowest BCUT2D eigenvalue weighted by molar-refractivity contribution is -0.141. The van der Waals surface area contributed by atoms with Crippen LogP contribution >= 0.6 is 0 Å². The fourth-order valence-corrected chi connectivity index (χ4v) is 1.51. The molecule has 0 saturated heterocycles. The second kappa shape index (κ2) is 4.41. The van der Waals surface area contributed by atoms with Gasteiger partial charge in [-0.05, 0) is 24.6 Å². The molecule has 0 aliphatic rings. The van der Waals surface area contributed by atoms with E-state index >= 15 is 0 Å². The molecular formula is C11H11F3N4. The summed E-state index contributed by atoms with van der Waals surface area (Å²) in [4.78, 5) is 4.03. The Hall–Kier alpha value is -1.89. The summed E-state index contributed by atoms with van der Waals surface area (Å²) in [5.41, 5.74) is 5.67. The van der Waals surface area contributed by atoms with Crippen molar-refractivity contribution in [3.8, 4) is 5.82 Å². The molecule has 96 valence electrons. The van der Waals surface area contributed by atoms with Gasteiger partial charge in [-0.1, -0.05) is 6.07 Å². The molecule has 7 heteroatoms. The van der Waals surface area contributed by atoms with Gasteiger partial charge in [-0.25, -0.2) is 9.67 Å². The van der Waals surface area contributed by atoms with Crippen molar-refractivity contribution in [1.82, 2.24) is 14.8 Å². The number of aryl methyl sites for hydroxylation is 1. The molecular weight excluding hydrogens is 245 g/mol. The second-order valence-electron chi connectivity index (χ2n) is 3.81. The highest BCUT2D eigenvalue weighted by atomic mass is 19.4. The average Bonchev–Trinajstić information content (AvgIpc) is 2.71. The Morgan fingerprint density at radius 1 is 1.33 bits per heavy atom. The number of aromatic nitrogens is 3. The van der Waals surface area contributed by atoms with Crippen LogP contribution in [-0.2, 0) is 12.7 Å². The number of pyridine rings is 1. The van der Waals surface area contributed by atoms with Crippen LogP contribution in [0.4, 0.5) is 13.2 Å². The lowest BCUT2D eigenvalue weighted by Gasteiger charge is -2.04. The van der Waals surface area contributed by atoms with Crippen LogP contribution < -0.4 is 5.73 Å². The van der Waals surface area contributed by atoms with Gasteiger partial charge in [0.1, 0.15) is 0 Å². The van der Waals surface area contributed by atoms with Crippen LogP contribution in [0.15, 0.2) is 24.4 Å². The Labute approximate surface area is 101 Å². The molecule has 2 heterocycles. The van der Waals surface area contributed by atoms with E-state index < -0.39 is 11.9 Å². The van der Waals surface area contributed by atoms with Crippen LogP contribution in [0.5, 0.6) is 0 Å². The molecule has 2 N–H and O–H groups in total. The van der Waals surface area contributed by atoms with E-state index in [9.17, 15) is 13.2 Å². The standard InChI is InChI=1S/C11H11F3N4/c1-7-4-9(11(12,13)14)17-18(7)10-3-2-8(5-15)6-16-10/h2-4,6H,5,15H2,1H3. The quantitative estimate of drug-likeness (QED) is 0.894. The molecule has 18 heavy (non-hydrogen) atoms.